The largest absolute Gasteiger partial charge is 0.497 e. The predicted molar refractivity (Wildman–Crippen MR) is 141 cm³/mol. The van der Waals surface area contributed by atoms with Crippen LogP contribution in [0.15, 0.2) is 72.1 Å². The number of ether oxygens (including phenoxy) is 1. The van der Waals surface area contributed by atoms with Crippen LogP contribution in [0, 0.1) is 0 Å². The number of carbonyl (C=O) groups excluding carboxylic acids is 2. The van der Waals surface area contributed by atoms with Gasteiger partial charge >= 0.3 is 0 Å². The first-order valence-electron chi connectivity index (χ1n) is 12.4. The number of hydrogen-bond donors (Lipinski definition) is 1. The Morgan fingerprint density at radius 1 is 1.03 bits per heavy atom. The van der Waals surface area contributed by atoms with Gasteiger partial charge in [-0.2, -0.15) is 0 Å². The molecule has 1 unspecified atom stereocenters. The van der Waals surface area contributed by atoms with Gasteiger partial charge in [-0.25, -0.2) is 0 Å². The molecule has 0 spiro atoms. The number of thiophene rings is 1. The second-order valence-corrected chi connectivity index (χ2v) is 10.1. The number of nitrogens with zero attached hydrogens (tertiary/aromatic N) is 1. The van der Waals surface area contributed by atoms with Gasteiger partial charge in [0.05, 0.1) is 13.5 Å². The van der Waals surface area contributed by atoms with Crippen molar-refractivity contribution >= 4 is 23.2 Å². The monoisotopic (exact) mass is 490 g/mol. The molecule has 1 saturated carbocycles. The molecule has 1 fully saturated rings. The van der Waals surface area contributed by atoms with E-state index in [4.69, 9.17) is 4.74 Å². The molecule has 6 heteroatoms. The van der Waals surface area contributed by atoms with Crippen LogP contribution in [0.1, 0.15) is 54.1 Å². The van der Waals surface area contributed by atoms with E-state index in [1.165, 1.54) is 6.42 Å². The fourth-order valence-electron chi connectivity index (χ4n) is 4.77. The van der Waals surface area contributed by atoms with E-state index >= 15 is 0 Å². The highest BCUT2D eigenvalue weighted by atomic mass is 32.1. The average Bonchev–Trinajstić information content (AvgIpc) is 3.40. The minimum Gasteiger partial charge on any atom is -0.497 e. The number of amides is 2. The highest BCUT2D eigenvalue weighted by Crippen LogP contribution is 2.28. The molecule has 0 aliphatic heterocycles. The third-order valence-corrected chi connectivity index (χ3v) is 7.51. The quantitative estimate of drug-likeness (QED) is 0.405. The summed E-state index contributed by atoms with van der Waals surface area (Å²) in [5.74, 6) is 0.513. The molecule has 0 saturated heterocycles. The zero-order valence-electron chi connectivity index (χ0n) is 20.3. The van der Waals surface area contributed by atoms with E-state index in [2.05, 4.69) is 17.4 Å². The summed E-state index contributed by atoms with van der Waals surface area (Å²) in [5, 5.41) is 5.25. The van der Waals surface area contributed by atoms with Crippen molar-refractivity contribution in [3.05, 3.63) is 88.1 Å². The Morgan fingerprint density at radius 2 is 1.83 bits per heavy atom. The van der Waals surface area contributed by atoms with Gasteiger partial charge < -0.3 is 15.0 Å². The van der Waals surface area contributed by atoms with Crippen molar-refractivity contribution in [2.75, 3.05) is 13.7 Å². The molecule has 1 aromatic heterocycles. The minimum absolute atomic E-state index is 0.0463. The molecular weight excluding hydrogens is 456 g/mol. The first kappa shape index (κ1) is 25.0. The van der Waals surface area contributed by atoms with Gasteiger partial charge in [0.2, 0.25) is 11.8 Å². The second kappa shape index (κ2) is 12.5. The van der Waals surface area contributed by atoms with E-state index in [-0.39, 0.29) is 24.3 Å². The van der Waals surface area contributed by atoms with Gasteiger partial charge in [-0.3, -0.25) is 9.59 Å². The third kappa shape index (κ3) is 6.95. The summed E-state index contributed by atoms with van der Waals surface area (Å²) in [5.41, 5.74) is 1.91. The molecule has 1 N–H and O–H groups in total. The van der Waals surface area contributed by atoms with E-state index in [9.17, 15) is 9.59 Å². The van der Waals surface area contributed by atoms with Gasteiger partial charge in [-0.15, -0.1) is 11.3 Å². The van der Waals surface area contributed by atoms with Crippen LogP contribution in [0.4, 0.5) is 0 Å². The first-order valence-corrected chi connectivity index (χ1v) is 13.3. The standard InChI is InChI=1S/C29H34N2O3S/c1-34-25-15-8-12-23(20-25)28(29(33)30-24-13-6-3-7-14-24)31(18-17-22-10-4-2-5-11-22)27(32)21-26-16-9-19-35-26/h2,4-5,8-12,15-16,19-20,24,28H,3,6-7,13-14,17-18,21H2,1H3,(H,30,33). The van der Waals surface area contributed by atoms with Gasteiger partial charge in [-0.05, 0) is 54.0 Å². The van der Waals surface area contributed by atoms with Crippen LogP contribution in [0.25, 0.3) is 0 Å². The van der Waals surface area contributed by atoms with Crippen molar-refractivity contribution in [2.45, 2.75) is 57.0 Å². The molecule has 2 amide bonds. The lowest BCUT2D eigenvalue weighted by Gasteiger charge is -2.33. The van der Waals surface area contributed by atoms with E-state index < -0.39 is 6.04 Å². The molecule has 35 heavy (non-hydrogen) atoms. The van der Waals surface area contributed by atoms with Crippen molar-refractivity contribution < 1.29 is 14.3 Å². The number of rotatable bonds is 10. The predicted octanol–water partition coefficient (Wildman–Crippen LogP) is 5.56. The van der Waals surface area contributed by atoms with E-state index in [0.29, 0.717) is 18.7 Å². The van der Waals surface area contributed by atoms with Crippen LogP contribution in [-0.4, -0.2) is 36.4 Å². The second-order valence-electron chi connectivity index (χ2n) is 9.10. The van der Waals surface area contributed by atoms with E-state index in [0.717, 1.165) is 41.7 Å². The lowest BCUT2D eigenvalue weighted by atomic mass is 9.94. The van der Waals surface area contributed by atoms with Gasteiger partial charge in [0.25, 0.3) is 0 Å². The molecule has 0 radical (unpaired) electrons. The minimum atomic E-state index is -0.719. The average molecular weight is 491 g/mol. The molecule has 0 bridgehead atoms. The smallest absolute Gasteiger partial charge is 0.247 e. The molecule has 4 rings (SSSR count). The van der Waals surface area contributed by atoms with Crippen LogP contribution >= 0.6 is 11.3 Å². The summed E-state index contributed by atoms with van der Waals surface area (Å²) in [7, 11) is 1.62. The van der Waals surface area contributed by atoms with Crippen molar-refractivity contribution in [2.24, 2.45) is 0 Å². The summed E-state index contributed by atoms with van der Waals surface area (Å²) in [4.78, 5) is 30.3. The van der Waals surface area contributed by atoms with Crippen molar-refractivity contribution in [1.82, 2.24) is 10.2 Å². The third-order valence-electron chi connectivity index (χ3n) is 6.63. The maximum absolute atomic E-state index is 13.8. The molecule has 5 nitrogen and oxygen atoms in total. The summed E-state index contributed by atoms with van der Waals surface area (Å²) in [6.45, 7) is 0.453. The van der Waals surface area contributed by atoms with Gasteiger partial charge in [0.15, 0.2) is 0 Å². The van der Waals surface area contributed by atoms with E-state index in [1.807, 2.05) is 60.0 Å². The van der Waals surface area contributed by atoms with E-state index in [1.54, 1.807) is 23.3 Å². The Hall–Kier alpha value is -3.12. The summed E-state index contributed by atoms with van der Waals surface area (Å²) in [6.07, 6.45) is 6.41. The van der Waals surface area contributed by atoms with Crippen LogP contribution in [-0.2, 0) is 22.4 Å². The van der Waals surface area contributed by atoms with Gasteiger partial charge in [0.1, 0.15) is 11.8 Å². The number of carbonyl (C=O) groups is 2. The fourth-order valence-corrected chi connectivity index (χ4v) is 5.46. The number of methoxy groups -OCH3 is 1. The number of benzene rings is 2. The topological polar surface area (TPSA) is 58.6 Å². The summed E-state index contributed by atoms with van der Waals surface area (Å²) >= 11 is 1.57. The Labute approximate surface area is 212 Å². The van der Waals surface area contributed by atoms with Crippen LogP contribution < -0.4 is 10.1 Å². The Kier molecular flexibility index (Phi) is 8.96. The van der Waals surface area contributed by atoms with Gasteiger partial charge in [0, 0.05) is 17.5 Å². The summed E-state index contributed by atoms with van der Waals surface area (Å²) < 4.78 is 5.46. The van der Waals surface area contributed by atoms with Crippen LogP contribution in [0.5, 0.6) is 5.75 Å². The zero-order chi connectivity index (χ0) is 24.5. The zero-order valence-corrected chi connectivity index (χ0v) is 21.1. The highest BCUT2D eigenvalue weighted by Gasteiger charge is 2.33. The molecule has 1 heterocycles. The maximum Gasteiger partial charge on any atom is 0.247 e. The molecule has 2 aromatic carbocycles. The lowest BCUT2D eigenvalue weighted by Crippen LogP contribution is -2.48. The lowest BCUT2D eigenvalue weighted by molar-refractivity contribution is -0.140. The van der Waals surface area contributed by atoms with Crippen LogP contribution in [0.3, 0.4) is 0 Å². The Balaban J connectivity index is 1.65. The number of hydrogen-bond acceptors (Lipinski definition) is 4. The normalized spacial score (nSPS) is 14.8. The SMILES string of the molecule is COc1cccc(C(C(=O)NC2CCCCC2)N(CCc2ccccc2)C(=O)Cc2cccs2)c1. The molecule has 1 aliphatic rings. The maximum atomic E-state index is 13.8. The van der Waals surface area contributed by atoms with Crippen molar-refractivity contribution in [1.29, 1.82) is 0 Å². The molecule has 184 valence electrons. The molecule has 3 aromatic rings. The fraction of sp³-hybridized carbons (Fsp3) is 0.379. The van der Waals surface area contributed by atoms with Crippen LogP contribution in [0.2, 0.25) is 0 Å². The van der Waals surface area contributed by atoms with Gasteiger partial charge in [-0.1, -0.05) is 67.8 Å². The first-order chi connectivity index (χ1) is 17.1. The molecule has 1 atom stereocenters. The van der Waals surface area contributed by atoms with Crippen molar-refractivity contribution in [3.8, 4) is 5.75 Å². The summed E-state index contributed by atoms with van der Waals surface area (Å²) in [6, 6.07) is 21.0. The molecule has 1 aliphatic carbocycles. The highest BCUT2D eigenvalue weighted by molar-refractivity contribution is 7.10. The Bertz CT molecular complexity index is 1080. The molecular formula is C29H34N2O3S. The number of nitrogens with one attached hydrogen (secondary N) is 1. The Morgan fingerprint density at radius 3 is 2.54 bits per heavy atom. The van der Waals surface area contributed by atoms with Crippen molar-refractivity contribution in [3.63, 3.8) is 0 Å².